The summed E-state index contributed by atoms with van der Waals surface area (Å²) >= 11 is 1.82. The zero-order valence-corrected chi connectivity index (χ0v) is 14.6. The number of aromatic nitrogens is 3. The van der Waals surface area contributed by atoms with Crippen molar-refractivity contribution in [3.8, 4) is 0 Å². The van der Waals surface area contributed by atoms with Gasteiger partial charge in [0.1, 0.15) is 5.82 Å². The fourth-order valence-electron chi connectivity index (χ4n) is 3.74. The summed E-state index contributed by atoms with van der Waals surface area (Å²) in [4.78, 5) is 12.0. The van der Waals surface area contributed by atoms with Gasteiger partial charge in [-0.1, -0.05) is 23.5 Å². The summed E-state index contributed by atoms with van der Waals surface area (Å²) in [5.74, 6) is 2.82. The van der Waals surface area contributed by atoms with Crippen molar-refractivity contribution in [2.45, 2.75) is 38.1 Å². The SMILES string of the molecule is c1ccc2sc(N3CCC(c4nccn4CC4CC4)CC3)nc2c1. The van der Waals surface area contributed by atoms with Gasteiger partial charge in [0.25, 0.3) is 0 Å². The van der Waals surface area contributed by atoms with Gasteiger partial charge in [0.05, 0.1) is 10.2 Å². The predicted octanol–water partition coefficient (Wildman–Crippen LogP) is 4.29. The molecule has 1 aromatic carbocycles. The Balaban J connectivity index is 1.29. The molecule has 4 nitrogen and oxygen atoms in total. The maximum Gasteiger partial charge on any atom is 0.186 e. The topological polar surface area (TPSA) is 34.0 Å². The van der Waals surface area contributed by atoms with E-state index in [1.807, 2.05) is 17.5 Å². The van der Waals surface area contributed by atoms with Crippen LogP contribution in [-0.2, 0) is 6.54 Å². The summed E-state index contributed by atoms with van der Waals surface area (Å²) in [5.41, 5.74) is 1.12. The van der Waals surface area contributed by atoms with Gasteiger partial charge in [0.15, 0.2) is 5.13 Å². The minimum absolute atomic E-state index is 0.601. The first-order valence-electron chi connectivity index (χ1n) is 8.98. The Morgan fingerprint density at radius 2 is 1.92 bits per heavy atom. The number of hydrogen-bond acceptors (Lipinski definition) is 4. The van der Waals surface area contributed by atoms with E-state index in [1.54, 1.807) is 0 Å². The molecule has 1 saturated carbocycles. The summed E-state index contributed by atoms with van der Waals surface area (Å²) < 4.78 is 3.70. The minimum atomic E-state index is 0.601. The van der Waals surface area contributed by atoms with Gasteiger partial charge in [0, 0.05) is 37.9 Å². The van der Waals surface area contributed by atoms with E-state index in [4.69, 9.17) is 4.98 Å². The van der Waals surface area contributed by atoms with Crippen molar-refractivity contribution < 1.29 is 0 Å². The summed E-state index contributed by atoms with van der Waals surface area (Å²) in [6, 6.07) is 8.43. The molecule has 2 aromatic heterocycles. The number of nitrogens with zero attached hydrogens (tertiary/aromatic N) is 4. The summed E-state index contributed by atoms with van der Waals surface area (Å²) in [7, 11) is 0. The van der Waals surface area contributed by atoms with Crippen LogP contribution in [0.3, 0.4) is 0 Å². The van der Waals surface area contributed by atoms with Crippen molar-refractivity contribution in [3.05, 3.63) is 42.5 Å². The van der Waals surface area contributed by atoms with Gasteiger partial charge in [-0.3, -0.25) is 0 Å². The lowest BCUT2D eigenvalue weighted by Crippen LogP contribution is -2.33. The molecule has 5 rings (SSSR count). The van der Waals surface area contributed by atoms with Crippen LogP contribution in [-0.4, -0.2) is 27.6 Å². The third kappa shape index (κ3) is 2.71. The van der Waals surface area contributed by atoms with E-state index in [9.17, 15) is 0 Å². The molecule has 2 aliphatic rings. The van der Waals surface area contributed by atoms with Crippen molar-refractivity contribution in [3.63, 3.8) is 0 Å². The van der Waals surface area contributed by atoms with E-state index in [0.717, 1.165) is 24.5 Å². The average Bonchev–Trinajstić information content (AvgIpc) is 3.15. The number of hydrogen-bond donors (Lipinski definition) is 0. The van der Waals surface area contributed by atoms with Gasteiger partial charge in [-0.25, -0.2) is 9.97 Å². The highest BCUT2D eigenvalue weighted by Gasteiger charge is 2.28. The lowest BCUT2D eigenvalue weighted by atomic mass is 9.96. The number of rotatable bonds is 4. The maximum absolute atomic E-state index is 4.81. The van der Waals surface area contributed by atoms with E-state index >= 15 is 0 Å². The molecule has 5 heteroatoms. The second-order valence-electron chi connectivity index (χ2n) is 7.11. The number of imidazole rings is 1. The summed E-state index contributed by atoms with van der Waals surface area (Å²) in [6.07, 6.45) is 9.31. The van der Waals surface area contributed by atoms with Gasteiger partial charge < -0.3 is 9.47 Å². The first kappa shape index (κ1) is 14.5. The molecular formula is C19H22N4S. The zero-order valence-electron chi connectivity index (χ0n) is 13.8. The minimum Gasteiger partial charge on any atom is -0.348 e. The van der Waals surface area contributed by atoms with Gasteiger partial charge in [-0.15, -0.1) is 0 Å². The molecule has 0 atom stereocenters. The van der Waals surface area contributed by atoms with E-state index < -0.39 is 0 Å². The molecule has 3 heterocycles. The molecule has 124 valence electrons. The van der Waals surface area contributed by atoms with Gasteiger partial charge >= 0.3 is 0 Å². The largest absolute Gasteiger partial charge is 0.348 e. The third-order valence-electron chi connectivity index (χ3n) is 5.31. The van der Waals surface area contributed by atoms with Crippen molar-refractivity contribution in [1.82, 2.24) is 14.5 Å². The number of thiazole rings is 1. The van der Waals surface area contributed by atoms with E-state index in [2.05, 4.69) is 44.9 Å². The molecule has 1 aliphatic heterocycles. The Labute approximate surface area is 146 Å². The molecule has 0 unspecified atom stereocenters. The molecule has 3 aromatic rings. The molecule has 0 N–H and O–H groups in total. The van der Waals surface area contributed by atoms with E-state index in [-0.39, 0.29) is 0 Å². The lowest BCUT2D eigenvalue weighted by molar-refractivity contribution is 0.458. The predicted molar refractivity (Wildman–Crippen MR) is 98.8 cm³/mol. The molecule has 0 radical (unpaired) electrons. The normalized spacial score (nSPS) is 19.2. The van der Waals surface area contributed by atoms with Crippen molar-refractivity contribution in [1.29, 1.82) is 0 Å². The smallest absolute Gasteiger partial charge is 0.186 e. The number of fused-ring (bicyclic) bond motifs is 1. The Hall–Kier alpha value is -1.88. The van der Waals surface area contributed by atoms with E-state index in [0.29, 0.717) is 5.92 Å². The summed E-state index contributed by atoms with van der Waals surface area (Å²) in [5, 5.41) is 1.18. The van der Waals surface area contributed by atoms with Crippen molar-refractivity contribution >= 4 is 26.7 Å². The average molecular weight is 338 g/mol. The molecule has 1 saturated heterocycles. The second-order valence-corrected chi connectivity index (χ2v) is 8.12. The van der Waals surface area contributed by atoms with Crippen LogP contribution < -0.4 is 4.90 Å². The van der Waals surface area contributed by atoms with Crippen molar-refractivity contribution in [2.24, 2.45) is 5.92 Å². The van der Waals surface area contributed by atoms with Gasteiger partial charge in [-0.2, -0.15) is 0 Å². The Kier molecular flexibility index (Phi) is 3.55. The molecule has 0 bridgehead atoms. The van der Waals surface area contributed by atoms with Crippen molar-refractivity contribution in [2.75, 3.05) is 18.0 Å². The highest BCUT2D eigenvalue weighted by Crippen LogP contribution is 2.35. The van der Waals surface area contributed by atoms with Crippen LogP contribution in [0.1, 0.15) is 37.4 Å². The number of para-hydroxylation sites is 1. The fourth-order valence-corrected chi connectivity index (χ4v) is 4.76. The lowest BCUT2D eigenvalue weighted by Gasteiger charge is -2.31. The van der Waals surface area contributed by atoms with Crippen LogP contribution in [0.5, 0.6) is 0 Å². The van der Waals surface area contributed by atoms with Crippen LogP contribution in [0.15, 0.2) is 36.7 Å². The highest BCUT2D eigenvalue weighted by atomic mass is 32.1. The number of anilines is 1. The fraction of sp³-hybridized carbons (Fsp3) is 0.474. The third-order valence-corrected chi connectivity index (χ3v) is 6.41. The highest BCUT2D eigenvalue weighted by molar-refractivity contribution is 7.22. The second kappa shape index (κ2) is 5.88. The van der Waals surface area contributed by atoms with Gasteiger partial charge in [0.2, 0.25) is 0 Å². The first-order valence-corrected chi connectivity index (χ1v) is 9.80. The molecule has 0 spiro atoms. The number of piperidine rings is 1. The van der Waals surface area contributed by atoms with E-state index in [1.165, 1.54) is 47.9 Å². The van der Waals surface area contributed by atoms with Crippen LogP contribution in [0, 0.1) is 5.92 Å². The van der Waals surface area contributed by atoms with Crippen LogP contribution >= 0.6 is 11.3 Å². The van der Waals surface area contributed by atoms with Crippen LogP contribution in [0.4, 0.5) is 5.13 Å². The quantitative estimate of drug-likeness (QED) is 0.712. The van der Waals surface area contributed by atoms with Crippen LogP contribution in [0.25, 0.3) is 10.2 Å². The monoisotopic (exact) mass is 338 g/mol. The molecule has 1 aliphatic carbocycles. The molecule has 0 amide bonds. The van der Waals surface area contributed by atoms with Gasteiger partial charge in [-0.05, 0) is 43.7 Å². The molecular weight excluding hydrogens is 316 g/mol. The molecule has 2 fully saturated rings. The Morgan fingerprint density at radius 3 is 2.71 bits per heavy atom. The van der Waals surface area contributed by atoms with Crippen LogP contribution in [0.2, 0.25) is 0 Å². The first-order chi connectivity index (χ1) is 11.9. The Morgan fingerprint density at radius 1 is 1.08 bits per heavy atom. The standard InChI is InChI=1S/C19H22N4S/c1-2-4-17-16(3-1)21-19(24-17)22-10-7-15(8-11-22)18-20-9-12-23(18)13-14-5-6-14/h1-4,9,12,14-15H,5-8,10-11,13H2. The Bertz CT molecular complexity index is 807. The number of benzene rings is 1. The summed E-state index contributed by atoms with van der Waals surface area (Å²) in [6.45, 7) is 3.34. The zero-order chi connectivity index (χ0) is 15.9. The molecule has 24 heavy (non-hydrogen) atoms. The maximum atomic E-state index is 4.81.